The number of benzene rings is 10. The van der Waals surface area contributed by atoms with Crippen LogP contribution in [0.2, 0.25) is 0 Å². The van der Waals surface area contributed by atoms with E-state index < -0.39 is 5.41 Å². The summed E-state index contributed by atoms with van der Waals surface area (Å²) in [7, 11) is 0. The second-order valence-corrected chi connectivity index (χ2v) is 18.0. The van der Waals surface area contributed by atoms with E-state index in [0.717, 1.165) is 33.6 Å². The lowest BCUT2D eigenvalue weighted by atomic mass is 9.55. The van der Waals surface area contributed by atoms with Gasteiger partial charge in [-0.3, -0.25) is 0 Å². The van der Waals surface area contributed by atoms with Gasteiger partial charge >= 0.3 is 0 Å². The van der Waals surface area contributed by atoms with E-state index in [2.05, 4.69) is 232 Å². The smallest absolute Gasteiger partial charge is 0.160 e. The molecule has 2 aliphatic carbocycles. The summed E-state index contributed by atoms with van der Waals surface area (Å²) in [4.78, 5) is 10.7. The molecule has 0 bridgehead atoms. The van der Waals surface area contributed by atoms with E-state index in [0.29, 0.717) is 5.82 Å². The molecule has 0 fully saturated rings. The van der Waals surface area contributed by atoms with Gasteiger partial charge in [-0.25, -0.2) is 9.97 Å². The van der Waals surface area contributed by atoms with Gasteiger partial charge < -0.3 is 0 Å². The van der Waals surface area contributed by atoms with Crippen LogP contribution in [0.25, 0.3) is 88.5 Å². The van der Waals surface area contributed by atoms with Crippen LogP contribution >= 0.6 is 0 Å². The zero-order chi connectivity index (χ0) is 42.6. The van der Waals surface area contributed by atoms with E-state index in [1.807, 2.05) is 0 Å². The van der Waals surface area contributed by atoms with E-state index in [4.69, 9.17) is 9.97 Å². The average molecular weight is 815 g/mol. The van der Waals surface area contributed by atoms with Crippen molar-refractivity contribution >= 4 is 32.3 Å². The Kier molecular flexibility index (Phi) is 7.90. The highest BCUT2D eigenvalue weighted by Gasteiger charge is 2.53. The van der Waals surface area contributed by atoms with Crippen molar-refractivity contribution in [3.63, 3.8) is 0 Å². The van der Waals surface area contributed by atoms with Gasteiger partial charge in [0.05, 0.1) is 16.8 Å². The third-order valence-electron chi connectivity index (χ3n) is 14.3. The summed E-state index contributed by atoms with van der Waals surface area (Å²) in [6, 6.07) is 80.2. The molecule has 0 saturated carbocycles. The zero-order valence-corrected chi connectivity index (χ0v) is 35.7. The van der Waals surface area contributed by atoms with Gasteiger partial charge in [-0.2, -0.15) is 0 Å². The quantitative estimate of drug-likeness (QED) is 0.165. The van der Waals surface area contributed by atoms with Gasteiger partial charge in [-0.15, -0.1) is 0 Å². The highest BCUT2D eigenvalue weighted by Crippen LogP contribution is 2.62. The van der Waals surface area contributed by atoms with Crippen molar-refractivity contribution in [3.8, 4) is 56.2 Å². The van der Waals surface area contributed by atoms with E-state index in [1.54, 1.807) is 0 Å². The summed E-state index contributed by atoms with van der Waals surface area (Å²) in [5.41, 5.74) is 17.3. The maximum Gasteiger partial charge on any atom is 0.160 e. The standard InChI is InChI=1S/C62H42N2/c1-61(2)54-29-14-15-30-56(54)62(52-27-12-10-25-49(52)50-26-11-13-28-53(50)62)57-37-41(32-34-55(57)61)40-19-16-20-42(35-40)59-38-58(39-17-4-3-5-18-39)63-60(64-59)43-31-33-48-46-23-7-6-21-44(46)45-22-8-9-24-47(45)51(48)36-43/h3-38H,1-2H3. The lowest BCUT2D eigenvalue weighted by molar-refractivity contribution is 0.563. The molecule has 0 unspecified atom stereocenters. The molecule has 13 rings (SSSR count). The molecule has 11 aromatic rings. The second kappa shape index (κ2) is 13.8. The van der Waals surface area contributed by atoms with Crippen LogP contribution in [0.15, 0.2) is 218 Å². The summed E-state index contributed by atoms with van der Waals surface area (Å²) in [5, 5.41) is 7.43. The van der Waals surface area contributed by atoms with Gasteiger partial charge in [-0.1, -0.05) is 208 Å². The Balaban J connectivity index is 0.995. The highest BCUT2D eigenvalue weighted by molar-refractivity contribution is 6.25. The average Bonchev–Trinajstić information content (AvgIpc) is 3.66. The minimum atomic E-state index is -0.453. The van der Waals surface area contributed by atoms with Crippen LogP contribution in [0.5, 0.6) is 0 Å². The molecular formula is C62H42N2. The van der Waals surface area contributed by atoms with Gasteiger partial charge in [0.15, 0.2) is 5.82 Å². The molecule has 300 valence electrons. The van der Waals surface area contributed by atoms with Gasteiger partial charge in [-0.05, 0) is 112 Å². The summed E-state index contributed by atoms with van der Waals surface area (Å²) >= 11 is 0. The summed E-state index contributed by atoms with van der Waals surface area (Å²) < 4.78 is 0. The van der Waals surface area contributed by atoms with Gasteiger partial charge in [0, 0.05) is 22.1 Å². The monoisotopic (exact) mass is 814 g/mol. The Bertz CT molecular complexity index is 3630. The molecule has 2 heteroatoms. The number of fused-ring (bicyclic) bond motifs is 15. The summed E-state index contributed by atoms with van der Waals surface area (Å²) in [6.07, 6.45) is 0. The van der Waals surface area contributed by atoms with Crippen LogP contribution in [-0.2, 0) is 10.8 Å². The largest absolute Gasteiger partial charge is 0.228 e. The van der Waals surface area contributed by atoms with Crippen LogP contribution < -0.4 is 0 Å². The SMILES string of the molecule is CC1(C)c2ccccc2C2(c3ccccc3-c3ccccc32)c2cc(-c3cccc(-c4cc(-c5ccccc5)nc(-c5ccc6c7ccccc7c7ccccc7c6c5)n4)c3)ccc21. The number of hydrogen-bond acceptors (Lipinski definition) is 2. The fourth-order valence-corrected chi connectivity index (χ4v) is 11.4. The zero-order valence-electron chi connectivity index (χ0n) is 35.7. The van der Waals surface area contributed by atoms with E-state index in [1.165, 1.54) is 82.4 Å². The minimum Gasteiger partial charge on any atom is -0.228 e. The first kappa shape index (κ1) is 36.7. The van der Waals surface area contributed by atoms with Crippen LogP contribution in [-0.4, -0.2) is 9.97 Å². The third kappa shape index (κ3) is 5.20. The molecule has 0 atom stereocenters. The number of rotatable bonds is 4. The van der Waals surface area contributed by atoms with Crippen molar-refractivity contribution in [2.45, 2.75) is 24.7 Å². The Morgan fingerprint density at radius 2 is 0.750 bits per heavy atom. The Labute approximate surface area is 373 Å². The Hall–Kier alpha value is -7.94. The van der Waals surface area contributed by atoms with Crippen LogP contribution in [0.3, 0.4) is 0 Å². The van der Waals surface area contributed by atoms with Gasteiger partial charge in [0.2, 0.25) is 0 Å². The Morgan fingerprint density at radius 1 is 0.281 bits per heavy atom. The van der Waals surface area contributed by atoms with E-state index >= 15 is 0 Å². The first-order valence-electron chi connectivity index (χ1n) is 22.3. The van der Waals surface area contributed by atoms with Crippen molar-refractivity contribution in [2.24, 2.45) is 0 Å². The topological polar surface area (TPSA) is 25.8 Å². The lowest BCUT2D eigenvalue weighted by Gasteiger charge is -2.46. The summed E-state index contributed by atoms with van der Waals surface area (Å²) in [5.74, 6) is 0.705. The number of aromatic nitrogens is 2. The minimum absolute atomic E-state index is 0.197. The van der Waals surface area contributed by atoms with E-state index in [9.17, 15) is 0 Å². The maximum absolute atomic E-state index is 5.39. The molecule has 1 aromatic heterocycles. The van der Waals surface area contributed by atoms with Gasteiger partial charge in [0.25, 0.3) is 0 Å². The molecule has 0 N–H and O–H groups in total. The lowest BCUT2D eigenvalue weighted by Crippen LogP contribution is -2.40. The predicted molar refractivity (Wildman–Crippen MR) is 266 cm³/mol. The molecule has 0 aliphatic heterocycles. The third-order valence-corrected chi connectivity index (χ3v) is 14.3. The molecule has 64 heavy (non-hydrogen) atoms. The van der Waals surface area contributed by atoms with Crippen LogP contribution in [0, 0.1) is 0 Å². The molecule has 0 amide bonds. The first-order valence-corrected chi connectivity index (χ1v) is 22.3. The van der Waals surface area contributed by atoms with E-state index in [-0.39, 0.29) is 5.41 Å². The molecule has 2 aliphatic rings. The number of hydrogen-bond donors (Lipinski definition) is 0. The fraction of sp³-hybridized carbons (Fsp3) is 0.0645. The van der Waals surface area contributed by atoms with Crippen molar-refractivity contribution < 1.29 is 0 Å². The normalized spacial score (nSPS) is 14.0. The molecule has 2 nitrogen and oxygen atoms in total. The molecule has 1 heterocycles. The van der Waals surface area contributed by atoms with Crippen LogP contribution in [0.4, 0.5) is 0 Å². The predicted octanol–water partition coefficient (Wildman–Crippen LogP) is 15.6. The number of nitrogens with zero attached hydrogens (tertiary/aromatic N) is 2. The van der Waals surface area contributed by atoms with Crippen molar-refractivity contribution in [3.05, 3.63) is 252 Å². The van der Waals surface area contributed by atoms with Crippen molar-refractivity contribution in [1.29, 1.82) is 0 Å². The maximum atomic E-state index is 5.39. The van der Waals surface area contributed by atoms with Gasteiger partial charge in [0.1, 0.15) is 0 Å². The second-order valence-electron chi connectivity index (χ2n) is 18.0. The molecule has 1 spiro atoms. The Morgan fingerprint density at radius 3 is 1.42 bits per heavy atom. The summed E-state index contributed by atoms with van der Waals surface area (Å²) in [6.45, 7) is 4.78. The van der Waals surface area contributed by atoms with Crippen LogP contribution in [0.1, 0.15) is 47.2 Å². The molecule has 0 saturated heterocycles. The molecular weight excluding hydrogens is 773 g/mol. The molecule has 10 aromatic carbocycles. The highest BCUT2D eigenvalue weighted by atomic mass is 14.9. The molecule has 0 radical (unpaired) electrons. The first-order chi connectivity index (χ1) is 31.5. The van der Waals surface area contributed by atoms with Crippen molar-refractivity contribution in [2.75, 3.05) is 0 Å². The van der Waals surface area contributed by atoms with Crippen molar-refractivity contribution in [1.82, 2.24) is 9.97 Å². The fourth-order valence-electron chi connectivity index (χ4n) is 11.4.